The Morgan fingerprint density at radius 1 is 1.28 bits per heavy atom. The summed E-state index contributed by atoms with van der Waals surface area (Å²) in [4.78, 5) is 30.0. The second kappa shape index (κ2) is 7.45. The lowest BCUT2D eigenvalue weighted by Gasteiger charge is -2.13. The van der Waals surface area contributed by atoms with Gasteiger partial charge in [-0.2, -0.15) is 9.94 Å². The molecule has 1 N–H and O–H groups in total. The smallest absolute Gasteiger partial charge is 0.349 e. The number of benzene rings is 2. The van der Waals surface area contributed by atoms with Gasteiger partial charge in [-0.3, -0.25) is 9.78 Å². The summed E-state index contributed by atoms with van der Waals surface area (Å²) in [5.41, 5.74) is 0.188. The molecule has 0 bridgehead atoms. The summed E-state index contributed by atoms with van der Waals surface area (Å²) in [5.74, 6) is 1.17. The summed E-state index contributed by atoms with van der Waals surface area (Å²) in [6, 6.07) is 10.5. The molecule has 9 nitrogen and oxygen atoms in total. The Morgan fingerprint density at radius 2 is 2.07 bits per heavy atom. The van der Waals surface area contributed by atoms with Gasteiger partial charge in [0.05, 0.1) is 31.1 Å². The molecule has 0 aliphatic carbocycles. The lowest BCUT2D eigenvalue weighted by atomic mass is 10.2. The van der Waals surface area contributed by atoms with Crippen molar-refractivity contribution in [2.75, 3.05) is 0 Å². The number of ether oxygens (including phenoxy) is 1. The second-order valence-electron chi connectivity index (χ2n) is 5.98. The van der Waals surface area contributed by atoms with E-state index in [2.05, 4.69) is 53.6 Å². The minimum Gasteiger partial charge on any atom is -0.455 e. The number of nitrogens with zero attached hydrogens (tertiary/aromatic N) is 5. The van der Waals surface area contributed by atoms with Gasteiger partial charge in [-0.1, -0.05) is 0 Å². The number of aryl methyl sites for hydroxylation is 1. The van der Waals surface area contributed by atoms with Crippen LogP contribution in [0.25, 0.3) is 16.7 Å². The van der Waals surface area contributed by atoms with E-state index in [0.717, 1.165) is 15.7 Å². The van der Waals surface area contributed by atoms with E-state index in [1.165, 1.54) is 0 Å². The maximum atomic E-state index is 12.1. The fourth-order valence-electron chi connectivity index (χ4n) is 2.70. The number of H-pyrrole nitrogens is 1. The number of imidazole rings is 1. The third-order valence-corrected chi connectivity index (χ3v) is 5.47. The third-order valence-electron chi connectivity index (χ3n) is 4.08. The van der Waals surface area contributed by atoms with Crippen LogP contribution in [-0.4, -0.2) is 24.3 Å². The zero-order chi connectivity index (χ0) is 20.7. The zero-order valence-electron chi connectivity index (χ0n) is 14.7. The van der Waals surface area contributed by atoms with E-state index in [9.17, 15) is 9.59 Å². The van der Waals surface area contributed by atoms with Crippen molar-refractivity contribution in [2.24, 2.45) is 7.05 Å². The topological polar surface area (TPSA) is 119 Å². The Morgan fingerprint density at radius 3 is 2.79 bits per heavy atom. The van der Waals surface area contributed by atoms with Gasteiger partial charge in [-0.05, 0) is 62.8 Å². The number of fused-ring (bicyclic) bond motifs is 1. The average Bonchev–Trinajstić information content (AvgIpc) is 3.05. The van der Waals surface area contributed by atoms with Gasteiger partial charge in [0.2, 0.25) is 5.69 Å². The minimum absolute atomic E-state index is 0.369. The zero-order valence-corrected chi connectivity index (χ0v) is 18.4. The first-order valence-electron chi connectivity index (χ1n) is 8.09. The van der Waals surface area contributed by atoms with Crippen molar-refractivity contribution >= 4 is 49.6 Å². The first-order chi connectivity index (χ1) is 13.9. The summed E-state index contributed by atoms with van der Waals surface area (Å²) in [6.45, 7) is 0. The van der Waals surface area contributed by atoms with Crippen molar-refractivity contribution in [1.82, 2.24) is 24.3 Å². The Hall–Kier alpha value is -2.98. The van der Waals surface area contributed by atoms with Gasteiger partial charge >= 0.3 is 5.69 Å². The van der Waals surface area contributed by atoms with E-state index < -0.39 is 16.9 Å². The number of rotatable bonds is 3. The fourth-order valence-corrected chi connectivity index (χ4v) is 4.32. The molecule has 0 amide bonds. The summed E-state index contributed by atoms with van der Waals surface area (Å²) in [7, 11) is 1.90. The molecule has 11 heteroatoms. The Kier molecular flexibility index (Phi) is 4.97. The molecule has 0 spiro atoms. The first-order valence-corrected chi connectivity index (χ1v) is 9.96. The van der Waals surface area contributed by atoms with Crippen LogP contribution in [0.4, 0.5) is 0 Å². The summed E-state index contributed by atoms with van der Waals surface area (Å²) in [5, 5.41) is 12.8. The van der Waals surface area contributed by atoms with E-state index in [1.807, 2.05) is 29.8 Å². The van der Waals surface area contributed by atoms with Crippen LogP contribution in [0.5, 0.6) is 11.5 Å². The lowest BCUT2D eigenvalue weighted by molar-refractivity contribution is 0.476. The van der Waals surface area contributed by atoms with Crippen LogP contribution >= 0.6 is 38.5 Å². The van der Waals surface area contributed by atoms with Gasteiger partial charge in [0, 0.05) is 13.1 Å². The molecule has 4 rings (SSSR count). The van der Waals surface area contributed by atoms with Gasteiger partial charge in [-0.15, -0.1) is 5.10 Å². The average molecular weight is 565 g/mol. The Balaban J connectivity index is 1.76. The van der Waals surface area contributed by atoms with Crippen molar-refractivity contribution in [1.29, 1.82) is 5.26 Å². The molecule has 2 aromatic carbocycles. The van der Waals surface area contributed by atoms with Crippen LogP contribution in [0.3, 0.4) is 0 Å². The first kappa shape index (κ1) is 19.3. The molecular weight excluding hydrogens is 555 g/mol. The molecular formula is C18H10BrIN6O3. The molecule has 0 aliphatic heterocycles. The maximum Gasteiger partial charge on any atom is 0.349 e. The van der Waals surface area contributed by atoms with Gasteiger partial charge in [0.1, 0.15) is 11.8 Å². The molecule has 0 atom stereocenters. The minimum atomic E-state index is -0.826. The van der Waals surface area contributed by atoms with Crippen LogP contribution < -0.4 is 16.0 Å². The number of aromatic nitrogens is 5. The number of halogens is 2. The number of nitriles is 1. The highest BCUT2D eigenvalue weighted by Crippen LogP contribution is 2.36. The highest BCUT2D eigenvalue weighted by Gasteiger charge is 2.15. The molecule has 0 radical (unpaired) electrons. The van der Waals surface area contributed by atoms with Gasteiger partial charge in [-0.25, -0.2) is 9.78 Å². The molecule has 0 saturated carbocycles. The second-order valence-corrected chi connectivity index (χ2v) is 7.99. The summed E-state index contributed by atoms with van der Waals surface area (Å²) < 4.78 is 10.2. The highest BCUT2D eigenvalue weighted by molar-refractivity contribution is 14.1. The van der Waals surface area contributed by atoms with Crippen molar-refractivity contribution in [3.8, 4) is 23.3 Å². The third kappa shape index (κ3) is 3.56. The molecule has 2 heterocycles. The molecule has 4 aromatic rings. The molecule has 0 fully saturated rings. The molecule has 0 aliphatic rings. The van der Waals surface area contributed by atoms with Gasteiger partial charge < -0.3 is 9.30 Å². The Bertz CT molecular complexity index is 1410. The quantitative estimate of drug-likeness (QED) is 0.382. The van der Waals surface area contributed by atoms with Crippen LogP contribution in [0.1, 0.15) is 5.69 Å². The lowest BCUT2D eigenvalue weighted by Crippen LogP contribution is -2.33. The molecule has 29 heavy (non-hydrogen) atoms. The predicted molar refractivity (Wildman–Crippen MR) is 116 cm³/mol. The van der Waals surface area contributed by atoms with Gasteiger partial charge in [0.25, 0.3) is 5.56 Å². The number of hydrogen-bond acceptors (Lipinski definition) is 6. The van der Waals surface area contributed by atoms with Crippen molar-refractivity contribution < 1.29 is 4.74 Å². The van der Waals surface area contributed by atoms with E-state index in [0.29, 0.717) is 25.2 Å². The normalized spacial score (nSPS) is 10.8. The molecule has 2 aromatic heterocycles. The standard InChI is InChI=1S/C18H10BrIN6O3/c1-25-8-22-13-3-2-10(6-15(13)25)29-16-11(19)4-9(5-12(16)20)26-18(28)23-17(27)14(7-21)24-26/h2-6,8H,1H3,(H,23,27,28). The van der Waals surface area contributed by atoms with E-state index in [4.69, 9.17) is 10.00 Å². The SMILES string of the molecule is Cn1cnc2ccc(Oc3c(Br)cc(-n4nc(C#N)c(=O)[nH]c4=O)cc3I)cc21. The summed E-state index contributed by atoms with van der Waals surface area (Å²) >= 11 is 5.53. The van der Waals surface area contributed by atoms with E-state index in [1.54, 1.807) is 24.5 Å². The van der Waals surface area contributed by atoms with Crippen LogP contribution in [0.2, 0.25) is 0 Å². The molecule has 0 unspecified atom stereocenters. The van der Waals surface area contributed by atoms with Crippen molar-refractivity contribution in [3.63, 3.8) is 0 Å². The van der Waals surface area contributed by atoms with E-state index in [-0.39, 0.29) is 0 Å². The van der Waals surface area contributed by atoms with Crippen molar-refractivity contribution in [3.05, 3.63) is 71.2 Å². The highest BCUT2D eigenvalue weighted by atomic mass is 127. The monoisotopic (exact) mass is 564 g/mol. The largest absolute Gasteiger partial charge is 0.455 e. The molecule has 144 valence electrons. The van der Waals surface area contributed by atoms with Gasteiger partial charge in [0.15, 0.2) is 5.75 Å². The number of aromatic amines is 1. The molecule has 0 saturated heterocycles. The van der Waals surface area contributed by atoms with Crippen LogP contribution in [0.15, 0.2) is 50.7 Å². The maximum absolute atomic E-state index is 12.1. The number of nitrogens with one attached hydrogen (secondary N) is 1. The van der Waals surface area contributed by atoms with E-state index >= 15 is 0 Å². The van der Waals surface area contributed by atoms with Crippen molar-refractivity contribution in [2.45, 2.75) is 0 Å². The Labute approximate surface area is 184 Å². The van der Waals surface area contributed by atoms with Crippen LogP contribution in [0, 0.1) is 14.9 Å². The predicted octanol–water partition coefficient (Wildman–Crippen LogP) is 2.84. The number of hydrogen-bond donors (Lipinski definition) is 1. The van der Waals surface area contributed by atoms with Crippen LogP contribution in [-0.2, 0) is 7.05 Å². The summed E-state index contributed by atoms with van der Waals surface area (Å²) in [6.07, 6.45) is 1.73. The fraction of sp³-hybridized carbons (Fsp3) is 0.0556.